The molecule has 0 aromatic heterocycles. The van der Waals surface area contributed by atoms with Crippen molar-refractivity contribution in [2.24, 2.45) is 0 Å². The molecule has 0 saturated heterocycles. The Hall–Kier alpha value is -4.64. The molecular formula is C27H22FN3O4. The Kier molecular flexibility index (Phi) is 6.78. The van der Waals surface area contributed by atoms with Crippen molar-refractivity contribution in [3.05, 3.63) is 101 Å². The van der Waals surface area contributed by atoms with Crippen LogP contribution in [0.3, 0.4) is 0 Å². The monoisotopic (exact) mass is 471 g/mol. The maximum absolute atomic E-state index is 13.1. The minimum atomic E-state index is -0.758. The largest absolute Gasteiger partial charge is 0.488 e. The molecule has 7 nitrogen and oxygen atoms in total. The Morgan fingerprint density at radius 3 is 2.14 bits per heavy atom. The summed E-state index contributed by atoms with van der Waals surface area (Å²) < 4.78 is 24.1. The number of halogens is 1. The van der Waals surface area contributed by atoms with Gasteiger partial charge in [0.05, 0.1) is 11.4 Å². The summed E-state index contributed by atoms with van der Waals surface area (Å²) in [6.45, 7) is -0.483. The van der Waals surface area contributed by atoms with E-state index in [2.05, 4.69) is 0 Å². The molecule has 1 aliphatic heterocycles. The summed E-state index contributed by atoms with van der Waals surface area (Å²) in [6.07, 6.45) is 0. The van der Waals surface area contributed by atoms with Crippen LogP contribution in [0.15, 0.2) is 84.2 Å². The van der Waals surface area contributed by atoms with Gasteiger partial charge in [0.25, 0.3) is 0 Å². The van der Waals surface area contributed by atoms with Crippen molar-refractivity contribution in [1.29, 1.82) is 5.26 Å². The van der Waals surface area contributed by atoms with Gasteiger partial charge in [-0.2, -0.15) is 5.26 Å². The van der Waals surface area contributed by atoms with E-state index < -0.39 is 18.4 Å². The van der Waals surface area contributed by atoms with Crippen molar-refractivity contribution in [1.82, 2.24) is 0 Å². The Morgan fingerprint density at radius 1 is 0.914 bits per heavy atom. The lowest BCUT2D eigenvalue weighted by Gasteiger charge is -2.20. The standard InChI is InChI=1S/C27H22FN3O4/c1-30-22-8-4-5-9-23(22)31(2)26(30)21(15-29)24(32)17-35-27(33)20-7-3-6-10-25(20)34-16-18-11-13-19(28)14-12-18/h3-14H,16-17H2,1-2H3. The first-order valence-electron chi connectivity index (χ1n) is 10.8. The first-order valence-corrected chi connectivity index (χ1v) is 10.8. The van der Waals surface area contributed by atoms with E-state index in [1.165, 1.54) is 18.2 Å². The highest BCUT2D eigenvalue weighted by molar-refractivity contribution is 6.04. The summed E-state index contributed by atoms with van der Waals surface area (Å²) in [5, 5.41) is 9.73. The molecule has 0 aliphatic carbocycles. The first-order chi connectivity index (χ1) is 16.9. The summed E-state index contributed by atoms with van der Waals surface area (Å²) in [5.74, 6) is -1.05. The van der Waals surface area contributed by atoms with E-state index in [1.54, 1.807) is 54.2 Å². The summed E-state index contributed by atoms with van der Waals surface area (Å²) in [7, 11) is 3.53. The van der Waals surface area contributed by atoms with Gasteiger partial charge in [-0.05, 0) is 42.0 Å². The van der Waals surface area contributed by atoms with Gasteiger partial charge < -0.3 is 19.3 Å². The maximum Gasteiger partial charge on any atom is 0.342 e. The fourth-order valence-corrected chi connectivity index (χ4v) is 3.84. The van der Waals surface area contributed by atoms with Crippen molar-refractivity contribution in [2.75, 3.05) is 30.5 Å². The van der Waals surface area contributed by atoms with E-state index in [0.29, 0.717) is 5.82 Å². The molecule has 1 aliphatic rings. The molecule has 0 spiro atoms. The van der Waals surface area contributed by atoms with Crippen LogP contribution in [-0.4, -0.2) is 32.5 Å². The number of benzene rings is 3. The molecule has 0 unspecified atom stereocenters. The SMILES string of the molecule is CN1C(=C(C#N)C(=O)COC(=O)c2ccccc2OCc2ccc(F)cc2)N(C)c2ccccc21. The number of anilines is 2. The molecule has 176 valence electrons. The number of hydrogen-bond donors (Lipinski definition) is 0. The van der Waals surface area contributed by atoms with Crippen molar-refractivity contribution in [3.8, 4) is 11.8 Å². The average molecular weight is 471 g/mol. The minimum absolute atomic E-state index is 0.111. The zero-order valence-corrected chi connectivity index (χ0v) is 19.2. The quantitative estimate of drug-likeness (QED) is 0.286. The van der Waals surface area contributed by atoms with Gasteiger partial charge in [-0.25, -0.2) is 9.18 Å². The van der Waals surface area contributed by atoms with Gasteiger partial charge in [-0.1, -0.05) is 36.4 Å². The summed E-state index contributed by atoms with van der Waals surface area (Å²) >= 11 is 0. The third-order valence-electron chi connectivity index (χ3n) is 5.60. The average Bonchev–Trinajstić information content (AvgIpc) is 3.13. The number of esters is 1. The number of para-hydroxylation sites is 3. The first kappa shape index (κ1) is 23.5. The number of carbonyl (C=O) groups excluding carboxylic acids is 2. The number of fused-ring (bicyclic) bond motifs is 1. The van der Waals surface area contributed by atoms with Crippen molar-refractivity contribution < 1.29 is 23.5 Å². The lowest BCUT2D eigenvalue weighted by Crippen LogP contribution is -2.28. The molecule has 0 bridgehead atoms. The van der Waals surface area contributed by atoms with Crippen LogP contribution in [0.1, 0.15) is 15.9 Å². The molecule has 1 heterocycles. The molecule has 0 amide bonds. The van der Waals surface area contributed by atoms with Gasteiger partial charge in [0.2, 0.25) is 5.78 Å². The van der Waals surface area contributed by atoms with Crippen LogP contribution in [0.2, 0.25) is 0 Å². The normalized spacial score (nSPS) is 12.1. The summed E-state index contributed by atoms with van der Waals surface area (Å²) in [4.78, 5) is 29.1. The molecule has 3 aromatic carbocycles. The number of hydrogen-bond acceptors (Lipinski definition) is 7. The molecule has 0 radical (unpaired) electrons. The molecule has 35 heavy (non-hydrogen) atoms. The molecular weight excluding hydrogens is 449 g/mol. The third kappa shape index (κ3) is 4.84. The van der Waals surface area contributed by atoms with E-state index >= 15 is 0 Å². The highest BCUT2D eigenvalue weighted by Gasteiger charge is 2.31. The minimum Gasteiger partial charge on any atom is -0.488 e. The number of nitrogens with zero attached hydrogens (tertiary/aromatic N) is 3. The Bertz CT molecular complexity index is 1310. The highest BCUT2D eigenvalue weighted by atomic mass is 19.1. The second-order valence-electron chi connectivity index (χ2n) is 7.83. The zero-order valence-electron chi connectivity index (χ0n) is 19.2. The van der Waals surface area contributed by atoms with Crippen LogP contribution in [0.4, 0.5) is 15.8 Å². The Labute approximate surface area is 202 Å². The van der Waals surface area contributed by atoms with Gasteiger partial charge in [-0.15, -0.1) is 0 Å². The van der Waals surface area contributed by atoms with Crippen molar-refractivity contribution in [3.63, 3.8) is 0 Å². The van der Waals surface area contributed by atoms with Gasteiger partial charge in [0.15, 0.2) is 6.61 Å². The molecule has 4 rings (SSSR count). The number of ketones is 1. The van der Waals surface area contributed by atoms with E-state index in [-0.39, 0.29) is 29.3 Å². The molecule has 0 atom stereocenters. The number of nitriles is 1. The topological polar surface area (TPSA) is 82.9 Å². The molecule has 0 saturated carbocycles. The summed E-state index contributed by atoms with van der Waals surface area (Å²) in [6, 6.07) is 21.8. The van der Waals surface area contributed by atoms with E-state index in [0.717, 1.165) is 16.9 Å². The highest BCUT2D eigenvalue weighted by Crippen LogP contribution is 2.40. The lowest BCUT2D eigenvalue weighted by molar-refractivity contribution is -0.118. The van der Waals surface area contributed by atoms with Crippen LogP contribution in [0.5, 0.6) is 5.75 Å². The zero-order chi connectivity index (χ0) is 24.9. The summed E-state index contributed by atoms with van der Waals surface area (Å²) in [5.41, 5.74) is 2.46. The Morgan fingerprint density at radius 2 is 1.51 bits per heavy atom. The van der Waals surface area contributed by atoms with Crippen molar-refractivity contribution >= 4 is 23.1 Å². The number of ether oxygens (including phenoxy) is 2. The van der Waals surface area contributed by atoms with Crippen LogP contribution >= 0.6 is 0 Å². The van der Waals surface area contributed by atoms with E-state index in [4.69, 9.17) is 9.47 Å². The smallest absolute Gasteiger partial charge is 0.342 e. The van der Waals surface area contributed by atoms with Crippen LogP contribution < -0.4 is 14.5 Å². The Balaban J connectivity index is 1.46. The fourth-order valence-electron chi connectivity index (χ4n) is 3.84. The van der Waals surface area contributed by atoms with Crippen LogP contribution in [0, 0.1) is 17.1 Å². The van der Waals surface area contributed by atoms with Crippen LogP contribution in [-0.2, 0) is 16.1 Å². The molecule has 8 heteroatoms. The molecule has 0 N–H and O–H groups in total. The van der Waals surface area contributed by atoms with Gasteiger partial charge in [0.1, 0.15) is 41.2 Å². The molecule has 0 fully saturated rings. The van der Waals surface area contributed by atoms with Gasteiger partial charge in [0, 0.05) is 14.1 Å². The number of carbonyl (C=O) groups is 2. The second kappa shape index (κ2) is 10.1. The predicted octanol–water partition coefficient (Wildman–Crippen LogP) is 4.45. The van der Waals surface area contributed by atoms with Gasteiger partial charge in [-0.3, -0.25) is 4.79 Å². The second-order valence-corrected chi connectivity index (χ2v) is 7.83. The van der Waals surface area contributed by atoms with Crippen LogP contribution in [0.25, 0.3) is 0 Å². The lowest BCUT2D eigenvalue weighted by atomic mass is 10.1. The molecule has 3 aromatic rings. The van der Waals surface area contributed by atoms with E-state index in [9.17, 15) is 19.2 Å². The fraction of sp³-hybridized carbons (Fsp3) is 0.148. The maximum atomic E-state index is 13.1. The van der Waals surface area contributed by atoms with Crippen molar-refractivity contribution in [2.45, 2.75) is 6.61 Å². The predicted molar refractivity (Wildman–Crippen MR) is 128 cm³/mol. The third-order valence-corrected chi connectivity index (χ3v) is 5.60. The number of Topliss-reactive ketones (excluding diaryl/α,β-unsaturated/α-hetero) is 1. The number of rotatable bonds is 7. The van der Waals surface area contributed by atoms with Gasteiger partial charge >= 0.3 is 5.97 Å². The van der Waals surface area contributed by atoms with E-state index in [1.807, 2.05) is 30.3 Å².